The third-order valence-corrected chi connectivity index (χ3v) is 3.01. The van der Waals surface area contributed by atoms with Crippen LogP contribution in [0.5, 0.6) is 11.5 Å². The van der Waals surface area contributed by atoms with E-state index in [0.29, 0.717) is 17.1 Å². The summed E-state index contributed by atoms with van der Waals surface area (Å²) in [6, 6.07) is 9.67. The number of carboxylic acid groups (broad SMARTS) is 1. The van der Waals surface area contributed by atoms with Gasteiger partial charge in [-0.25, -0.2) is 9.18 Å². The highest BCUT2D eigenvalue weighted by Crippen LogP contribution is 2.27. The molecule has 0 spiro atoms. The van der Waals surface area contributed by atoms with Gasteiger partial charge >= 0.3 is 5.97 Å². The minimum Gasteiger partial charge on any atom is -0.478 e. The topological polar surface area (TPSA) is 46.5 Å². The number of rotatable bonds is 4. The number of hydrogen-bond donors (Lipinski definition) is 1. The van der Waals surface area contributed by atoms with Gasteiger partial charge in [0.2, 0.25) is 0 Å². The lowest BCUT2D eigenvalue weighted by atomic mass is 10.1. The second-order valence-electron chi connectivity index (χ2n) is 4.70. The van der Waals surface area contributed by atoms with E-state index in [1.54, 1.807) is 25.1 Å². The quantitative estimate of drug-likeness (QED) is 0.851. The maximum Gasteiger partial charge on any atom is 0.328 e. The third-order valence-electron chi connectivity index (χ3n) is 3.01. The summed E-state index contributed by atoms with van der Waals surface area (Å²) in [5, 5.41) is 8.63. The normalized spacial score (nSPS) is 10.8. The zero-order valence-electron chi connectivity index (χ0n) is 11.8. The Balaban J connectivity index is 2.22. The van der Waals surface area contributed by atoms with Crippen molar-refractivity contribution >= 4 is 12.0 Å². The predicted octanol–water partition coefficient (Wildman–Crippen LogP) is 4.33. The van der Waals surface area contributed by atoms with Crippen LogP contribution in [0.4, 0.5) is 4.39 Å². The highest BCUT2D eigenvalue weighted by Gasteiger charge is 2.04. The Hall–Kier alpha value is -2.62. The minimum absolute atomic E-state index is 0.301. The zero-order chi connectivity index (χ0) is 15.4. The molecule has 0 aromatic heterocycles. The molecule has 2 aromatic rings. The van der Waals surface area contributed by atoms with E-state index in [2.05, 4.69) is 0 Å². The molecule has 2 rings (SSSR count). The highest BCUT2D eigenvalue weighted by atomic mass is 19.1. The molecule has 0 bridgehead atoms. The summed E-state index contributed by atoms with van der Waals surface area (Å²) in [6.07, 6.45) is 2.62. The number of halogens is 1. The molecule has 0 aliphatic heterocycles. The van der Waals surface area contributed by atoms with E-state index >= 15 is 0 Å². The van der Waals surface area contributed by atoms with Gasteiger partial charge in [0, 0.05) is 6.08 Å². The van der Waals surface area contributed by atoms with E-state index in [4.69, 9.17) is 9.84 Å². The monoisotopic (exact) mass is 286 g/mol. The molecule has 0 aliphatic carbocycles. The molecule has 4 heteroatoms. The maximum absolute atomic E-state index is 13.0. The van der Waals surface area contributed by atoms with Crippen molar-refractivity contribution in [2.75, 3.05) is 0 Å². The standard InChI is InChI=1S/C17H15FO3/c1-11-10-15(6-3-13(11)4-8-17(19)20)21-16-7-5-14(18)9-12(16)2/h3-10H,1-2H3,(H,19,20)/b8-4+. The summed E-state index contributed by atoms with van der Waals surface area (Å²) < 4.78 is 18.8. The third kappa shape index (κ3) is 3.92. The molecule has 0 heterocycles. The lowest BCUT2D eigenvalue weighted by molar-refractivity contribution is -0.131. The lowest BCUT2D eigenvalue weighted by Gasteiger charge is -2.10. The highest BCUT2D eigenvalue weighted by molar-refractivity contribution is 5.85. The average Bonchev–Trinajstić information content (AvgIpc) is 2.41. The summed E-state index contributed by atoms with van der Waals surface area (Å²) >= 11 is 0. The molecule has 0 aliphatic rings. The molecule has 21 heavy (non-hydrogen) atoms. The van der Waals surface area contributed by atoms with Crippen molar-refractivity contribution in [2.24, 2.45) is 0 Å². The van der Waals surface area contributed by atoms with Gasteiger partial charge in [-0.2, -0.15) is 0 Å². The van der Waals surface area contributed by atoms with Gasteiger partial charge in [-0.05, 0) is 66.9 Å². The summed E-state index contributed by atoms with van der Waals surface area (Å²) in [7, 11) is 0. The summed E-state index contributed by atoms with van der Waals surface area (Å²) in [4.78, 5) is 10.5. The van der Waals surface area contributed by atoms with E-state index in [1.807, 2.05) is 13.0 Å². The van der Waals surface area contributed by atoms with Crippen LogP contribution in [0.3, 0.4) is 0 Å². The van der Waals surface area contributed by atoms with E-state index in [9.17, 15) is 9.18 Å². The Bertz CT molecular complexity index is 705. The molecular weight excluding hydrogens is 271 g/mol. The van der Waals surface area contributed by atoms with Gasteiger partial charge in [-0.15, -0.1) is 0 Å². The van der Waals surface area contributed by atoms with Crippen LogP contribution in [0.1, 0.15) is 16.7 Å². The largest absolute Gasteiger partial charge is 0.478 e. The number of aryl methyl sites for hydroxylation is 2. The second-order valence-corrected chi connectivity index (χ2v) is 4.70. The van der Waals surface area contributed by atoms with Gasteiger partial charge in [0.25, 0.3) is 0 Å². The summed E-state index contributed by atoms with van der Waals surface area (Å²) in [6.45, 7) is 3.64. The Morgan fingerprint density at radius 1 is 1.14 bits per heavy atom. The second kappa shape index (κ2) is 6.22. The van der Waals surface area contributed by atoms with E-state index < -0.39 is 5.97 Å². The minimum atomic E-state index is -0.989. The Kier molecular flexibility index (Phi) is 4.38. The van der Waals surface area contributed by atoms with E-state index in [1.165, 1.54) is 18.2 Å². The molecule has 1 N–H and O–H groups in total. The first-order valence-corrected chi connectivity index (χ1v) is 6.41. The zero-order valence-corrected chi connectivity index (χ0v) is 11.8. The van der Waals surface area contributed by atoms with Gasteiger partial charge in [0.1, 0.15) is 17.3 Å². The molecule has 3 nitrogen and oxygen atoms in total. The van der Waals surface area contributed by atoms with E-state index in [-0.39, 0.29) is 5.82 Å². The van der Waals surface area contributed by atoms with Crippen LogP contribution in [0.2, 0.25) is 0 Å². The molecule has 108 valence electrons. The number of ether oxygens (including phenoxy) is 1. The van der Waals surface area contributed by atoms with E-state index in [0.717, 1.165) is 17.2 Å². The molecule has 0 fully saturated rings. The van der Waals surface area contributed by atoms with Gasteiger partial charge < -0.3 is 9.84 Å². The van der Waals surface area contributed by atoms with Gasteiger partial charge in [0.15, 0.2) is 0 Å². The van der Waals surface area contributed by atoms with Crippen molar-refractivity contribution in [2.45, 2.75) is 13.8 Å². The number of hydrogen-bond acceptors (Lipinski definition) is 2. The van der Waals surface area contributed by atoms with Crippen molar-refractivity contribution in [1.82, 2.24) is 0 Å². The smallest absolute Gasteiger partial charge is 0.328 e. The van der Waals surface area contributed by atoms with Crippen LogP contribution in [-0.2, 0) is 4.79 Å². The van der Waals surface area contributed by atoms with Gasteiger partial charge in [0.05, 0.1) is 0 Å². The van der Waals surface area contributed by atoms with Crippen LogP contribution < -0.4 is 4.74 Å². The van der Waals surface area contributed by atoms with Crippen LogP contribution >= 0.6 is 0 Å². The van der Waals surface area contributed by atoms with Gasteiger partial charge in [-0.1, -0.05) is 6.07 Å². The fourth-order valence-electron chi connectivity index (χ4n) is 1.91. The summed E-state index contributed by atoms with van der Waals surface area (Å²) in [5.74, 6) is -0.0823. The maximum atomic E-state index is 13.0. The number of benzene rings is 2. The first-order chi connectivity index (χ1) is 9.95. The SMILES string of the molecule is Cc1cc(Oc2ccc(F)cc2C)ccc1/C=C/C(=O)O. The summed E-state index contributed by atoms with van der Waals surface area (Å²) in [5.41, 5.74) is 2.41. The molecule has 0 saturated carbocycles. The lowest BCUT2D eigenvalue weighted by Crippen LogP contribution is -1.91. The molecule has 0 radical (unpaired) electrons. The van der Waals surface area contributed by atoms with Crippen molar-refractivity contribution in [3.05, 3.63) is 65.0 Å². The average molecular weight is 286 g/mol. The van der Waals surface area contributed by atoms with Crippen LogP contribution in [0, 0.1) is 19.7 Å². The van der Waals surface area contributed by atoms with Crippen molar-refractivity contribution in [1.29, 1.82) is 0 Å². The van der Waals surface area contributed by atoms with Crippen molar-refractivity contribution in [3.8, 4) is 11.5 Å². The number of carboxylic acids is 1. The van der Waals surface area contributed by atoms with Crippen LogP contribution in [-0.4, -0.2) is 11.1 Å². The molecule has 0 unspecified atom stereocenters. The fraction of sp³-hybridized carbons (Fsp3) is 0.118. The van der Waals surface area contributed by atoms with Gasteiger partial charge in [-0.3, -0.25) is 0 Å². The predicted molar refractivity (Wildman–Crippen MR) is 79.1 cm³/mol. The Morgan fingerprint density at radius 2 is 1.90 bits per heavy atom. The molecule has 0 atom stereocenters. The van der Waals surface area contributed by atoms with Crippen molar-refractivity contribution < 1.29 is 19.0 Å². The molecule has 0 saturated heterocycles. The Morgan fingerprint density at radius 3 is 2.52 bits per heavy atom. The number of aliphatic carboxylic acids is 1. The Labute approximate surface area is 122 Å². The van der Waals surface area contributed by atoms with Crippen molar-refractivity contribution in [3.63, 3.8) is 0 Å². The number of carbonyl (C=O) groups is 1. The first kappa shape index (κ1) is 14.8. The molecule has 2 aromatic carbocycles. The fourth-order valence-corrected chi connectivity index (χ4v) is 1.91. The molecular formula is C17H15FO3. The first-order valence-electron chi connectivity index (χ1n) is 6.41. The van der Waals surface area contributed by atoms with Crippen LogP contribution in [0.25, 0.3) is 6.08 Å². The molecule has 0 amide bonds. The van der Waals surface area contributed by atoms with Crippen LogP contribution in [0.15, 0.2) is 42.5 Å².